The van der Waals surface area contributed by atoms with Crippen molar-refractivity contribution in [2.75, 3.05) is 0 Å². The molecule has 0 nitrogen and oxygen atoms in total. The summed E-state index contributed by atoms with van der Waals surface area (Å²) in [6, 6.07) is 17.2. The molecule has 21 heavy (non-hydrogen) atoms. The van der Waals surface area contributed by atoms with Crippen molar-refractivity contribution in [3.63, 3.8) is 0 Å². The number of allylic oxidation sites excluding steroid dienone is 2. The molecule has 1 heterocycles. The maximum absolute atomic E-state index is 3.56. The molecule has 2 heteroatoms. The molecule has 0 N–H and O–H groups in total. The molecule has 102 valence electrons. The Morgan fingerprint density at radius 1 is 0.952 bits per heavy atom. The van der Waals surface area contributed by atoms with E-state index in [-0.39, 0.29) is 0 Å². The van der Waals surface area contributed by atoms with Crippen LogP contribution in [0.4, 0.5) is 0 Å². The number of halogens is 1. The van der Waals surface area contributed by atoms with Crippen LogP contribution in [0.1, 0.15) is 12.0 Å². The maximum atomic E-state index is 3.56. The van der Waals surface area contributed by atoms with Crippen molar-refractivity contribution in [2.24, 2.45) is 0 Å². The lowest BCUT2D eigenvalue weighted by molar-refractivity contribution is 1.45. The average molecular weight is 353 g/mol. The van der Waals surface area contributed by atoms with Crippen molar-refractivity contribution in [3.05, 3.63) is 74.4 Å². The Hall–Kier alpha value is -1.64. The Morgan fingerprint density at radius 3 is 2.76 bits per heavy atom. The van der Waals surface area contributed by atoms with E-state index in [1.807, 2.05) is 11.3 Å². The predicted octanol–water partition coefficient (Wildman–Crippen LogP) is 4.71. The molecule has 0 amide bonds. The van der Waals surface area contributed by atoms with Gasteiger partial charge in [0.1, 0.15) is 0 Å². The fraction of sp³-hybridized carbons (Fsp3) is 0.0526. The van der Waals surface area contributed by atoms with E-state index in [9.17, 15) is 0 Å². The minimum Gasteiger partial charge on any atom is -0.135 e. The van der Waals surface area contributed by atoms with Gasteiger partial charge in [-0.25, -0.2) is 0 Å². The predicted molar refractivity (Wildman–Crippen MR) is 96.7 cm³/mol. The monoisotopic (exact) mass is 352 g/mol. The minimum atomic E-state index is 0.973. The molecule has 1 aliphatic rings. The van der Waals surface area contributed by atoms with Gasteiger partial charge >= 0.3 is 0 Å². The van der Waals surface area contributed by atoms with Crippen LogP contribution < -0.4 is 9.75 Å². The second-order valence-corrected chi connectivity index (χ2v) is 7.15. The van der Waals surface area contributed by atoms with Gasteiger partial charge in [-0.3, -0.25) is 0 Å². The average Bonchev–Trinajstić information content (AvgIpc) is 2.72. The number of rotatable bonds is 1. The highest BCUT2D eigenvalue weighted by Crippen LogP contribution is 2.24. The van der Waals surface area contributed by atoms with Crippen LogP contribution in [-0.2, 0) is 0 Å². The van der Waals surface area contributed by atoms with Gasteiger partial charge in [-0.1, -0.05) is 58.4 Å². The van der Waals surface area contributed by atoms with Gasteiger partial charge in [0.2, 0.25) is 0 Å². The maximum Gasteiger partial charge on any atom is 0.0355 e. The van der Waals surface area contributed by atoms with Crippen LogP contribution >= 0.6 is 27.3 Å². The van der Waals surface area contributed by atoms with Crippen LogP contribution in [0.15, 0.2) is 59.1 Å². The number of hydrogen-bond acceptors (Lipinski definition) is 1. The fourth-order valence-corrected chi connectivity index (χ4v) is 4.29. The highest BCUT2D eigenvalue weighted by Gasteiger charge is 2.05. The zero-order valence-corrected chi connectivity index (χ0v) is 13.7. The summed E-state index contributed by atoms with van der Waals surface area (Å²) < 4.78 is 3.86. The zero-order chi connectivity index (χ0) is 14.2. The van der Waals surface area contributed by atoms with Crippen molar-refractivity contribution in [2.45, 2.75) is 6.42 Å². The summed E-state index contributed by atoms with van der Waals surface area (Å²) in [6.45, 7) is 0. The topological polar surface area (TPSA) is 0 Å². The molecule has 1 aromatic heterocycles. The lowest BCUT2D eigenvalue weighted by Gasteiger charge is -2.04. The first-order chi connectivity index (χ1) is 10.3. The second kappa shape index (κ2) is 5.28. The molecule has 0 unspecified atom stereocenters. The summed E-state index contributed by atoms with van der Waals surface area (Å²) in [5, 5.41) is 2.76. The minimum absolute atomic E-state index is 0.973. The van der Waals surface area contributed by atoms with Crippen molar-refractivity contribution in [3.8, 4) is 0 Å². The van der Waals surface area contributed by atoms with E-state index in [2.05, 4.69) is 82.7 Å². The third kappa shape index (κ3) is 2.39. The largest absolute Gasteiger partial charge is 0.135 e. The molecule has 0 atom stereocenters. The molecule has 0 saturated heterocycles. The van der Waals surface area contributed by atoms with Gasteiger partial charge in [0.05, 0.1) is 0 Å². The van der Waals surface area contributed by atoms with E-state index in [0.717, 1.165) is 10.9 Å². The summed E-state index contributed by atoms with van der Waals surface area (Å²) in [5.41, 5.74) is 2.65. The Balaban J connectivity index is 1.88. The molecular weight excluding hydrogens is 340 g/mol. The highest BCUT2D eigenvalue weighted by molar-refractivity contribution is 9.10. The van der Waals surface area contributed by atoms with E-state index in [0.29, 0.717) is 0 Å². The van der Waals surface area contributed by atoms with Crippen molar-refractivity contribution < 1.29 is 0 Å². The first-order valence-electron chi connectivity index (χ1n) is 6.96. The Morgan fingerprint density at radius 2 is 1.86 bits per heavy atom. The summed E-state index contributed by atoms with van der Waals surface area (Å²) in [4.78, 5) is 0. The normalized spacial score (nSPS) is 13.9. The first kappa shape index (κ1) is 13.1. The van der Waals surface area contributed by atoms with E-state index < -0.39 is 0 Å². The molecule has 0 spiro atoms. The molecule has 2 aromatic carbocycles. The molecular formula is C19H13BrS. The highest BCUT2D eigenvalue weighted by atomic mass is 79.9. The van der Waals surface area contributed by atoms with Crippen LogP contribution in [0.5, 0.6) is 0 Å². The van der Waals surface area contributed by atoms with Crippen LogP contribution in [0.2, 0.25) is 0 Å². The van der Waals surface area contributed by atoms with Crippen molar-refractivity contribution in [1.29, 1.82) is 0 Å². The first-order valence-corrected chi connectivity index (χ1v) is 8.57. The van der Waals surface area contributed by atoms with Crippen LogP contribution in [0, 0.1) is 0 Å². The van der Waals surface area contributed by atoms with Gasteiger partial charge < -0.3 is 0 Å². The van der Waals surface area contributed by atoms with Crippen LogP contribution in [-0.4, -0.2) is 0 Å². The Bertz CT molecular complexity index is 976. The van der Waals surface area contributed by atoms with Gasteiger partial charge in [-0.2, -0.15) is 0 Å². The van der Waals surface area contributed by atoms with Gasteiger partial charge in [0, 0.05) is 13.7 Å². The molecule has 0 fully saturated rings. The number of hydrogen-bond donors (Lipinski definition) is 0. The Labute approximate surface area is 135 Å². The quantitative estimate of drug-likeness (QED) is 0.594. The van der Waals surface area contributed by atoms with Gasteiger partial charge in [-0.15, -0.1) is 11.3 Å². The number of fused-ring (bicyclic) bond motifs is 3. The molecule has 1 aliphatic carbocycles. The lowest BCUT2D eigenvalue weighted by Crippen LogP contribution is -2.17. The number of benzene rings is 2. The fourth-order valence-electron chi connectivity index (χ4n) is 2.78. The van der Waals surface area contributed by atoms with Gasteiger partial charge in [-0.05, 0) is 52.4 Å². The summed E-state index contributed by atoms with van der Waals surface area (Å²) >= 11 is 5.43. The van der Waals surface area contributed by atoms with E-state index >= 15 is 0 Å². The van der Waals surface area contributed by atoms with E-state index in [1.165, 1.54) is 31.0 Å². The summed E-state index contributed by atoms with van der Waals surface area (Å²) in [6.07, 6.45) is 7.87. The smallest absolute Gasteiger partial charge is 0.0355 e. The molecule has 4 rings (SSSR count). The lowest BCUT2D eigenvalue weighted by atomic mass is 10.0. The van der Waals surface area contributed by atoms with Gasteiger partial charge in [0.25, 0.3) is 0 Å². The second-order valence-electron chi connectivity index (χ2n) is 5.15. The third-order valence-electron chi connectivity index (χ3n) is 3.82. The summed E-state index contributed by atoms with van der Waals surface area (Å²) in [7, 11) is 0. The summed E-state index contributed by atoms with van der Waals surface area (Å²) in [5.74, 6) is 0. The van der Waals surface area contributed by atoms with E-state index in [1.54, 1.807) is 0 Å². The van der Waals surface area contributed by atoms with Crippen LogP contribution in [0.3, 0.4) is 0 Å². The van der Waals surface area contributed by atoms with Crippen LogP contribution in [0.25, 0.3) is 27.8 Å². The van der Waals surface area contributed by atoms with E-state index in [4.69, 9.17) is 0 Å². The zero-order valence-electron chi connectivity index (χ0n) is 11.3. The molecule has 0 aliphatic heterocycles. The SMILES string of the molecule is Brc1cccc(C2=CC=c3sc4ccccc4c3=CC2)c1. The standard InChI is InChI=1S/C19H13BrS/c20-15-5-3-4-14(12-15)13-8-10-17-16-6-1-2-7-18(16)21-19(17)11-9-13/h1-7,9-12H,8H2. The number of thiophene rings is 1. The third-order valence-corrected chi connectivity index (χ3v) is 5.47. The molecule has 0 radical (unpaired) electrons. The van der Waals surface area contributed by atoms with Gasteiger partial charge in [0.15, 0.2) is 0 Å². The molecule has 0 saturated carbocycles. The molecule has 3 aromatic rings. The molecule has 0 bridgehead atoms. The van der Waals surface area contributed by atoms with Crippen molar-refractivity contribution in [1.82, 2.24) is 0 Å². The Kier molecular flexibility index (Phi) is 3.28. The van der Waals surface area contributed by atoms with Crippen molar-refractivity contribution >= 4 is 55.1 Å².